The van der Waals surface area contributed by atoms with Crippen LogP contribution in [0.25, 0.3) is 6.08 Å². The van der Waals surface area contributed by atoms with E-state index in [1.165, 1.54) is 0 Å². The Kier molecular flexibility index (Phi) is 4.52. The van der Waals surface area contributed by atoms with E-state index in [0.717, 1.165) is 16.8 Å². The Bertz CT molecular complexity index is 1230. The number of hydrogen-bond donors (Lipinski definition) is 0. The third-order valence-electron chi connectivity index (χ3n) is 4.93. The lowest BCUT2D eigenvalue weighted by atomic mass is 10.1. The Morgan fingerprint density at radius 1 is 1.00 bits per heavy atom. The van der Waals surface area contributed by atoms with Crippen molar-refractivity contribution in [1.82, 2.24) is 0 Å². The quantitative estimate of drug-likeness (QED) is 0.550. The zero-order valence-corrected chi connectivity index (χ0v) is 16.9. The summed E-state index contributed by atoms with van der Waals surface area (Å²) in [4.78, 5) is 19.7. The van der Waals surface area contributed by atoms with Crippen molar-refractivity contribution in [3.8, 4) is 11.5 Å². The van der Waals surface area contributed by atoms with Gasteiger partial charge in [-0.15, -0.1) is 0 Å². The molecule has 0 saturated carbocycles. The third-order valence-corrected chi connectivity index (χ3v) is 5.26. The minimum atomic E-state index is -0.215. The first-order chi connectivity index (χ1) is 14.6. The Morgan fingerprint density at radius 3 is 2.67 bits per heavy atom. The van der Waals surface area contributed by atoms with Gasteiger partial charge in [-0.05, 0) is 60.5 Å². The first-order valence-corrected chi connectivity index (χ1v) is 9.84. The zero-order chi connectivity index (χ0) is 20.7. The average molecular weight is 417 g/mol. The van der Waals surface area contributed by atoms with E-state index in [2.05, 4.69) is 4.99 Å². The molecule has 0 aromatic heterocycles. The van der Waals surface area contributed by atoms with Crippen LogP contribution in [0.2, 0.25) is 5.02 Å². The number of ether oxygens (including phenoxy) is 2. The van der Waals surface area contributed by atoms with Crippen molar-refractivity contribution in [2.75, 3.05) is 11.7 Å². The van der Waals surface area contributed by atoms with Gasteiger partial charge in [-0.2, -0.15) is 0 Å². The maximum Gasteiger partial charge on any atom is 0.282 e. The molecule has 2 aliphatic rings. The number of hydrogen-bond acceptors (Lipinski definition) is 4. The number of amides is 1. The fourth-order valence-corrected chi connectivity index (χ4v) is 3.73. The van der Waals surface area contributed by atoms with Gasteiger partial charge in [-0.25, -0.2) is 4.99 Å². The van der Waals surface area contributed by atoms with Gasteiger partial charge in [-0.3, -0.25) is 9.69 Å². The minimum Gasteiger partial charge on any atom is -0.454 e. The van der Waals surface area contributed by atoms with Gasteiger partial charge in [0.15, 0.2) is 11.5 Å². The molecule has 0 fully saturated rings. The maximum absolute atomic E-state index is 13.4. The highest BCUT2D eigenvalue weighted by Gasteiger charge is 2.33. The SMILES string of the molecule is Cc1cccc(N2C(=O)/C(=C\c3ccc4c(c3)OCO4)N=C2c2ccccc2Cl)c1. The van der Waals surface area contributed by atoms with Crippen molar-refractivity contribution in [3.63, 3.8) is 0 Å². The molecule has 3 aromatic carbocycles. The van der Waals surface area contributed by atoms with Crippen molar-refractivity contribution < 1.29 is 14.3 Å². The van der Waals surface area contributed by atoms with Crippen LogP contribution in [-0.4, -0.2) is 18.5 Å². The predicted octanol–water partition coefficient (Wildman–Crippen LogP) is 5.21. The standard InChI is InChI=1S/C24H17ClN2O3/c1-15-5-4-6-17(11-15)27-23(18-7-2-3-8-19(18)25)26-20(24(27)28)12-16-9-10-21-22(13-16)30-14-29-21/h2-13H,14H2,1H3/b20-12+. The zero-order valence-electron chi connectivity index (χ0n) is 16.1. The monoisotopic (exact) mass is 416 g/mol. The third kappa shape index (κ3) is 3.23. The van der Waals surface area contributed by atoms with Crippen LogP contribution in [0.1, 0.15) is 16.7 Å². The van der Waals surface area contributed by atoms with Crippen molar-refractivity contribution >= 4 is 35.1 Å². The molecular weight excluding hydrogens is 400 g/mol. The van der Waals surface area contributed by atoms with Crippen molar-refractivity contribution in [2.45, 2.75) is 6.92 Å². The number of nitrogens with zero attached hydrogens (tertiary/aromatic N) is 2. The van der Waals surface area contributed by atoms with Gasteiger partial charge >= 0.3 is 0 Å². The summed E-state index contributed by atoms with van der Waals surface area (Å²) in [5.41, 5.74) is 3.61. The summed E-state index contributed by atoms with van der Waals surface area (Å²) in [6.07, 6.45) is 1.75. The van der Waals surface area contributed by atoms with E-state index in [0.29, 0.717) is 33.6 Å². The number of rotatable bonds is 3. The molecule has 0 aliphatic carbocycles. The Hall–Kier alpha value is -3.57. The molecule has 2 heterocycles. The van der Waals surface area contributed by atoms with Crippen molar-refractivity contribution in [2.24, 2.45) is 4.99 Å². The minimum absolute atomic E-state index is 0.199. The van der Waals surface area contributed by atoms with E-state index < -0.39 is 0 Å². The van der Waals surface area contributed by atoms with Gasteiger partial charge in [-0.1, -0.05) is 41.9 Å². The fraction of sp³-hybridized carbons (Fsp3) is 0.0833. The van der Waals surface area contributed by atoms with Crippen molar-refractivity contribution in [1.29, 1.82) is 0 Å². The number of carbonyl (C=O) groups is 1. The molecule has 0 N–H and O–H groups in total. The van der Waals surface area contributed by atoms with E-state index >= 15 is 0 Å². The molecule has 0 unspecified atom stereocenters. The summed E-state index contributed by atoms with van der Waals surface area (Å²) in [7, 11) is 0. The smallest absolute Gasteiger partial charge is 0.282 e. The molecule has 0 bridgehead atoms. The number of carbonyl (C=O) groups excluding carboxylic acids is 1. The summed E-state index contributed by atoms with van der Waals surface area (Å²) in [6, 6.07) is 20.7. The molecular formula is C24H17ClN2O3. The van der Waals surface area contributed by atoms with E-state index in [1.807, 2.05) is 67.6 Å². The average Bonchev–Trinajstić information content (AvgIpc) is 3.33. The molecule has 2 aliphatic heterocycles. The second-order valence-electron chi connectivity index (χ2n) is 7.04. The lowest BCUT2D eigenvalue weighted by Gasteiger charge is -2.19. The van der Waals surface area contributed by atoms with Crippen LogP contribution in [0.5, 0.6) is 11.5 Å². The Morgan fingerprint density at radius 2 is 1.83 bits per heavy atom. The molecule has 1 amide bonds. The van der Waals surface area contributed by atoms with E-state index in [9.17, 15) is 4.79 Å². The molecule has 30 heavy (non-hydrogen) atoms. The predicted molar refractivity (Wildman–Crippen MR) is 117 cm³/mol. The highest BCUT2D eigenvalue weighted by Crippen LogP contribution is 2.35. The van der Waals surface area contributed by atoms with Crippen LogP contribution in [0.4, 0.5) is 5.69 Å². The normalized spacial score (nSPS) is 16.3. The summed E-state index contributed by atoms with van der Waals surface area (Å²) in [5, 5.41) is 0.533. The van der Waals surface area contributed by atoms with Crippen LogP contribution in [-0.2, 0) is 4.79 Å². The van der Waals surface area contributed by atoms with Crippen LogP contribution in [0.15, 0.2) is 77.4 Å². The summed E-state index contributed by atoms with van der Waals surface area (Å²) < 4.78 is 10.8. The number of fused-ring (bicyclic) bond motifs is 1. The van der Waals surface area contributed by atoms with E-state index in [-0.39, 0.29) is 12.7 Å². The summed E-state index contributed by atoms with van der Waals surface area (Å²) >= 11 is 6.44. The first-order valence-electron chi connectivity index (χ1n) is 9.46. The maximum atomic E-state index is 13.4. The van der Waals surface area contributed by atoms with E-state index in [1.54, 1.807) is 17.0 Å². The van der Waals surface area contributed by atoms with Gasteiger partial charge in [0.1, 0.15) is 11.5 Å². The number of aliphatic imine (C=N–C) groups is 1. The van der Waals surface area contributed by atoms with Gasteiger partial charge in [0.05, 0.1) is 10.7 Å². The first kappa shape index (κ1) is 18.5. The molecule has 0 saturated heterocycles. The number of aryl methyl sites for hydroxylation is 1. The number of anilines is 1. The Labute approximate surface area is 178 Å². The number of halogens is 1. The highest BCUT2D eigenvalue weighted by atomic mass is 35.5. The van der Waals surface area contributed by atoms with Gasteiger partial charge in [0, 0.05) is 5.56 Å². The molecule has 5 rings (SSSR count). The van der Waals surface area contributed by atoms with Crippen LogP contribution >= 0.6 is 11.6 Å². The van der Waals surface area contributed by atoms with E-state index in [4.69, 9.17) is 21.1 Å². The van der Waals surface area contributed by atoms with Crippen molar-refractivity contribution in [3.05, 3.63) is 94.1 Å². The lowest BCUT2D eigenvalue weighted by Crippen LogP contribution is -2.32. The molecule has 148 valence electrons. The largest absolute Gasteiger partial charge is 0.454 e. The molecule has 6 heteroatoms. The Balaban J connectivity index is 1.62. The molecule has 5 nitrogen and oxygen atoms in total. The molecule has 0 radical (unpaired) electrons. The van der Waals surface area contributed by atoms with Gasteiger partial charge in [0.25, 0.3) is 5.91 Å². The second-order valence-corrected chi connectivity index (χ2v) is 7.44. The molecule has 3 aromatic rings. The lowest BCUT2D eigenvalue weighted by molar-refractivity contribution is -0.113. The summed E-state index contributed by atoms with van der Waals surface area (Å²) in [6.45, 7) is 2.18. The van der Waals surface area contributed by atoms with Crippen LogP contribution in [0, 0.1) is 6.92 Å². The topological polar surface area (TPSA) is 51.1 Å². The fourth-order valence-electron chi connectivity index (χ4n) is 3.51. The highest BCUT2D eigenvalue weighted by molar-refractivity contribution is 6.39. The van der Waals surface area contributed by atoms with Gasteiger partial charge < -0.3 is 9.47 Å². The summed E-state index contributed by atoms with van der Waals surface area (Å²) in [5.74, 6) is 1.63. The molecule has 0 atom stereocenters. The molecule has 0 spiro atoms. The second kappa shape index (κ2) is 7.35. The van der Waals surface area contributed by atoms with Crippen LogP contribution in [0.3, 0.4) is 0 Å². The number of amidine groups is 1. The van der Waals surface area contributed by atoms with Crippen LogP contribution < -0.4 is 14.4 Å². The number of benzene rings is 3. The van der Waals surface area contributed by atoms with Gasteiger partial charge in [0.2, 0.25) is 6.79 Å².